The Balaban J connectivity index is 2.10. The standard InChI is InChI=1S/C15H21N3O3/c1-3-15(8-5-9-16-15)14(19)17(2)11-12-6-4-7-13(10-12)18(20)21/h4,6-7,10,16H,3,5,8-9,11H2,1-2H3. The van der Waals surface area contributed by atoms with Crippen LogP contribution in [0, 0.1) is 10.1 Å². The van der Waals surface area contributed by atoms with Crippen LogP contribution in [0.25, 0.3) is 0 Å². The molecule has 2 rings (SSSR count). The van der Waals surface area contributed by atoms with E-state index in [1.807, 2.05) is 6.92 Å². The molecule has 0 radical (unpaired) electrons. The predicted molar refractivity (Wildman–Crippen MR) is 79.8 cm³/mol. The highest BCUT2D eigenvalue weighted by atomic mass is 16.6. The molecule has 6 nitrogen and oxygen atoms in total. The average Bonchev–Trinajstić information content (AvgIpc) is 2.96. The number of hydrogen-bond donors (Lipinski definition) is 1. The molecule has 0 saturated carbocycles. The summed E-state index contributed by atoms with van der Waals surface area (Å²) in [6.07, 6.45) is 2.61. The highest BCUT2D eigenvalue weighted by Gasteiger charge is 2.40. The van der Waals surface area contributed by atoms with Gasteiger partial charge in [-0.25, -0.2) is 0 Å². The van der Waals surface area contributed by atoms with Crippen molar-refractivity contribution in [3.63, 3.8) is 0 Å². The molecular formula is C15H21N3O3. The molecule has 0 spiro atoms. The van der Waals surface area contributed by atoms with Gasteiger partial charge in [0.1, 0.15) is 0 Å². The Bertz CT molecular complexity index is 539. The lowest BCUT2D eigenvalue weighted by Crippen LogP contribution is -2.53. The number of carbonyl (C=O) groups excluding carboxylic acids is 1. The molecule has 1 aliphatic heterocycles. The number of nitro benzene ring substituents is 1. The van der Waals surface area contributed by atoms with Crippen LogP contribution in [-0.4, -0.2) is 34.9 Å². The van der Waals surface area contributed by atoms with E-state index in [2.05, 4.69) is 5.32 Å². The number of nitrogens with one attached hydrogen (secondary N) is 1. The van der Waals surface area contributed by atoms with Crippen LogP contribution < -0.4 is 5.32 Å². The summed E-state index contributed by atoms with van der Waals surface area (Å²) in [5, 5.41) is 14.1. The third-order valence-electron chi connectivity index (χ3n) is 4.14. The lowest BCUT2D eigenvalue weighted by Gasteiger charge is -2.31. The molecular weight excluding hydrogens is 270 g/mol. The van der Waals surface area contributed by atoms with E-state index in [1.54, 1.807) is 24.1 Å². The van der Waals surface area contributed by atoms with Crippen molar-refractivity contribution in [2.75, 3.05) is 13.6 Å². The second kappa shape index (κ2) is 6.22. The van der Waals surface area contributed by atoms with Crippen molar-refractivity contribution in [2.45, 2.75) is 38.3 Å². The Kier molecular flexibility index (Phi) is 4.57. The Labute approximate surface area is 124 Å². The third-order valence-corrected chi connectivity index (χ3v) is 4.14. The molecule has 0 bridgehead atoms. The molecule has 1 aromatic carbocycles. The summed E-state index contributed by atoms with van der Waals surface area (Å²) in [6, 6.07) is 6.43. The molecule has 114 valence electrons. The van der Waals surface area contributed by atoms with Gasteiger partial charge in [-0.2, -0.15) is 0 Å². The minimum absolute atomic E-state index is 0.0533. The summed E-state index contributed by atoms with van der Waals surface area (Å²) in [5.74, 6) is 0.0639. The number of carbonyl (C=O) groups is 1. The summed E-state index contributed by atoms with van der Waals surface area (Å²) >= 11 is 0. The van der Waals surface area contributed by atoms with Crippen LogP contribution in [0.4, 0.5) is 5.69 Å². The zero-order valence-corrected chi connectivity index (χ0v) is 12.5. The number of nitro groups is 1. The number of non-ortho nitro benzene ring substituents is 1. The second-order valence-corrected chi connectivity index (χ2v) is 5.55. The van der Waals surface area contributed by atoms with Crippen molar-refractivity contribution in [1.82, 2.24) is 10.2 Å². The highest BCUT2D eigenvalue weighted by molar-refractivity contribution is 5.86. The van der Waals surface area contributed by atoms with Gasteiger partial charge in [0.05, 0.1) is 10.5 Å². The lowest BCUT2D eigenvalue weighted by atomic mass is 9.92. The van der Waals surface area contributed by atoms with Crippen molar-refractivity contribution in [2.24, 2.45) is 0 Å². The van der Waals surface area contributed by atoms with Gasteiger partial charge in [-0.05, 0) is 31.4 Å². The number of rotatable bonds is 5. The van der Waals surface area contributed by atoms with E-state index in [9.17, 15) is 14.9 Å². The minimum Gasteiger partial charge on any atom is -0.340 e. The second-order valence-electron chi connectivity index (χ2n) is 5.55. The largest absolute Gasteiger partial charge is 0.340 e. The van der Waals surface area contributed by atoms with Crippen LogP contribution in [-0.2, 0) is 11.3 Å². The molecule has 6 heteroatoms. The fraction of sp³-hybridized carbons (Fsp3) is 0.533. The first-order chi connectivity index (χ1) is 9.98. The van der Waals surface area contributed by atoms with Crippen LogP contribution in [0.15, 0.2) is 24.3 Å². The Morgan fingerprint density at radius 1 is 1.52 bits per heavy atom. The predicted octanol–water partition coefficient (Wildman–Crippen LogP) is 2.09. The molecule has 1 heterocycles. The van der Waals surface area contributed by atoms with E-state index >= 15 is 0 Å². The third kappa shape index (κ3) is 3.21. The Morgan fingerprint density at radius 3 is 2.86 bits per heavy atom. The van der Waals surface area contributed by atoms with Crippen LogP contribution in [0.5, 0.6) is 0 Å². The minimum atomic E-state index is -0.463. The summed E-state index contributed by atoms with van der Waals surface area (Å²) in [4.78, 5) is 24.7. The van der Waals surface area contributed by atoms with E-state index in [4.69, 9.17) is 0 Å². The summed E-state index contributed by atoms with van der Waals surface area (Å²) in [6.45, 7) is 3.26. The van der Waals surface area contributed by atoms with Crippen molar-refractivity contribution < 1.29 is 9.72 Å². The molecule has 1 atom stereocenters. The molecule has 1 aromatic rings. The molecule has 1 aliphatic rings. The van der Waals surface area contributed by atoms with Gasteiger partial charge >= 0.3 is 0 Å². The number of nitrogens with zero attached hydrogens (tertiary/aromatic N) is 2. The quantitative estimate of drug-likeness (QED) is 0.665. The van der Waals surface area contributed by atoms with Gasteiger partial charge < -0.3 is 10.2 Å². The van der Waals surface area contributed by atoms with Gasteiger partial charge in [-0.15, -0.1) is 0 Å². The topological polar surface area (TPSA) is 75.5 Å². The van der Waals surface area contributed by atoms with Crippen molar-refractivity contribution in [3.8, 4) is 0 Å². The van der Waals surface area contributed by atoms with Gasteiger partial charge in [-0.1, -0.05) is 19.1 Å². The van der Waals surface area contributed by atoms with Crippen LogP contribution in [0.1, 0.15) is 31.7 Å². The van der Waals surface area contributed by atoms with Crippen LogP contribution >= 0.6 is 0 Å². The van der Waals surface area contributed by atoms with Crippen molar-refractivity contribution in [3.05, 3.63) is 39.9 Å². The zero-order chi connectivity index (χ0) is 15.5. The van der Waals surface area contributed by atoms with E-state index in [0.717, 1.165) is 31.4 Å². The maximum Gasteiger partial charge on any atom is 0.269 e. The summed E-state index contributed by atoms with van der Waals surface area (Å²) < 4.78 is 0. The van der Waals surface area contributed by atoms with E-state index in [0.29, 0.717) is 6.54 Å². The molecule has 1 amide bonds. The fourth-order valence-corrected chi connectivity index (χ4v) is 2.92. The number of amides is 1. The van der Waals surface area contributed by atoms with Crippen molar-refractivity contribution in [1.29, 1.82) is 0 Å². The molecule has 1 saturated heterocycles. The molecule has 1 unspecified atom stereocenters. The van der Waals surface area contributed by atoms with E-state index < -0.39 is 10.5 Å². The number of hydrogen-bond acceptors (Lipinski definition) is 4. The van der Waals surface area contributed by atoms with Gasteiger partial charge in [0.2, 0.25) is 5.91 Å². The van der Waals surface area contributed by atoms with Gasteiger partial charge in [0, 0.05) is 25.7 Å². The van der Waals surface area contributed by atoms with E-state index in [-0.39, 0.29) is 11.6 Å². The van der Waals surface area contributed by atoms with Gasteiger partial charge in [0.15, 0.2) is 0 Å². The smallest absolute Gasteiger partial charge is 0.269 e. The van der Waals surface area contributed by atoms with Crippen molar-refractivity contribution >= 4 is 11.6 Å². The lowest BCUT2D eigenvalue weighted by molar-refractivity contribution is -0.384. The van der Waals surface area contributed by atoms with Crippen LogP contribution in [0.2, 0.25) is 0 Å². The fourth-order valence-electron chi connectivity index (χ4n) is 2.92. The maximum atomic E-state index is 12.7. The molecule has 0 aromatic heterocycles. The Morgan fingerprint density at radius 2 is 2.29 bits per heavy atom. The SMILES string of the molecule is CCC1(C(=O)N(C)Cc2cccc([N+](=O)[O-])c2)CCCN1. The van der Waals surface area contributed by atoms with Gasteiger partial charge in [-0.3, -0.25) is 14.9 Å². The maximum absolute atomic E-state index is 12.7. The number of benzene rings is 1. The molecule has 1 fully saturated rings. The zero-order valence-electron chi connectivity index (χ0n) is 12.5. The van der Waals surface area contributed by atoms with Gasteiger partial charge in [0.25, 0.3) is 5.69 Å². The highest BCUT2D eigenvalue weighted by Crippen LogP contribution is 2.26. The monoisotopic (exact) mass is 291 g/mol. The number of likely N-dealkylation sites (N-methyl/N-ethyl adjacent to an activating group) is 1. The molecule has 0 aliphatic carbocycles. The Hall–Kier alpha value is -1.95. The van der Waals surface area contributed by atoms with E-state index in [1.165, 1.54) is 12.1 Å². The first kappa shape index (κ1) is 15.4. The molecule has 1 N–H and O–H groups in total. The average molecular weight is 291 g/mol. The normalized spacial score (nSPS) is 21.2. The summed E-state index contributed by atoms with van der Waals surface area (Å²) in [5.41, 5.74) is 0.358. The first-order valence-corrected chi connectivity index (χ1v) is 7.22. The summed E-state index contributed by atoms with van der Waals surface area (Å²) in [7, 11) is 1.75. The first-order valence-electron chi connectivity index (χ1n) is 7.22. The molecule has 21 heavy (non-hydrogen) atoms. The van der Waals surface area contributed by atoms with Crippen LogP contribution in [0.3, 0.4) is 0 Å².